The lowest BCUT2D eigenvalue weighted by Crippen LogP contribution is -1.89. The second-order valence-electron chi connectivity index (χ2n) is 5.60. The van der Waals surface area contributed by atoms with Gasteiger partial charge in [-0.2, -0.15) is 0 Å². The Morgan fingerprint density at radius 1 is 0.545 bits per heavy atom. The van der Waals surface area contributed by atoms with Gasteiger partial charge >= 0.3 is 0 Å². The number of hydrogen-bond donors (Lipinski definition) is 0. The summed E-state index contributed by atoms with van der Waals surface area (Å²) >= 11 is 0. The molecule has 104 valence electrons. The van der Waals surface area contributed by atoms with Crippen LogP contribution in [0, 0.1) is 0 Å². The van der Waals surface area contributed by atoms with Gasteiger partial charge < -0.3 is 0 Å². The van der Waals surface area contributed by atoms with Gasteiger partial charge in [0.2, 0.25) is 0 Å². The highest BCUT2D eigenvalue weighted by atomic mass is 32.2. The Labute approximate surface area is 130 Å². The Hall–Kier alpha value is -2.45. The minimum absolute atomic E-state index is 0.962. The van der Waals surface area contributed by atoms with Crippen LogP contribution in [0.15, 0.2) is 82.6 Å². The van der Waals surface area contributed by atoms with Crippen molar-refractivity contribution in [1.29, 1.82) is 0 Å². The Bertz CT molecular complexity index is 1010. The average molecular weight is 300 g/mol. The lowest BCUT2D eigenvalue weighted by molar-refractivity contribution is 0.686. The molecule has 1 heterocycles. The van der Waals surface area contributed by atoms with Gasteiger partial charge in [-0.1, -0.05) is 72.8 Å². The molecule has 0 aliphatic carbocycles. The van der Waals surface area contributed by atoms with E-state index in [0.717, 1.165) is 42.5 Å². The molecule has 0 radical (unpaired) electrons. The van der Waals surface area contributed by atoms with Gasteiger partial charge in [0.1, 0.15) is 0 Å². The Kier molecular flexibility index (Phi) is 2.36. The van der Waals surface area contributed by atoms with Crippen LogP contribution in [-0.2, 0) is 10.8 Å². The van der Waals surface area contributed by atoms with Gasteiger partial charge in [-0.05, 0) is 21.5 Å². The van der Waals surface area contributed by atoms with Crippen LogP contribution in [0.3, 0.4) is 0 Å². The molecule has 0 saturated carbocycles. The quantitative estimate of drug-likeness (QED) is 0.387. The number of fused-ring (bicyclic) bond motifs is 7. The summed E-state index contributed by atoms with van der Waals surface area (Å²) in [7, 11) is -1.12. The molecule has 1 aliphatic heterocycles. The third-order valence-corrected chi connectivity index (χ3v) is 6.04. The van der Waals surface area contributed by atoms with E-state index in [2.05, 4.69) is 48.5 Å². The number of benzene rings is 4. The molecule has 0 amide bonds. The summed E-state index contributed by atoms with van der Waals surface area (Å²) in [6.07, 6.45) is 0. The largest absolute Gasteiger partial charge is 0.249 e. The van der Waals surface area contributed by atoms with E-state index in [1.807, 2.05) is 24.3 Å². The first-order valence-electron chi connectivity index (χ1n) is 7.30. The van der Waals surface area contributed by atoms with Crippen molar-refractivity contribution in [3.63, 3.8) is 0 Å². The Morgan fingerprint density at radius 2 is 1.00 bits per heavy atom. The summed E-state index contributed by atoms with van der Waals surface area (Å²) in [5.74, 6) is 0. The standard InChI is InChI=1S/C20H12OS/c21-22-19-15-7-3-1-5-13(15)9-11-17(19)18-12-10-14-6-2-4-8-16(14)20(18)22/h1-12H. The third kappa shape index (κ3) is 1.45. The Balaban J connectivity index is 1.96. The fourth-order valence-corrected chi connectivity index (χ4v) is 5.14. The van der Waals surface area contributed by atoms with Gasteiger partial charge in [-0.3, -0.25) is 0 Å². The van der Waals surface area contributed by atoms with Gasteiger partial charge in [-0.15, -0.1) is 0 Å². The van der Waals surface area contributed by atoms with E-state index in [1.165, 1.54) is 0 Å². The smallest absolute Gasteiger partial charge is 0.0875 e. The molecule has 4 aromatic carbocycles. The summed E-state index contributed by atoms with van der Waals surface area (Å²) in [4.78, 5) is 1.92. The van der Waals surface area contributed by atoms with Crippen molar-refractivity contribution in [2.24, 2.45) is 0 Å². The number of rotatable bonds is 0. The highest BCUT2D eigenvalue weighted by molar-refractivity contribution is 7.86. The molecular formula is C20H12OS. The van der Waals surface area contributed by atoms with Crippen LogP contribution >= 0.6 is 0 Å². The molecule has 5 rings (SSSR count). The molecule has 0 aromatic heterocycles. The van der Waals surface area contributed by atoms with Crippen LogP contribution in [0.4, 0.5) is 0 Å². The predicted molar refractivity (Wildman–Crippen MR) is 91.6 cm³/mol. The molecule has 4 aromatic rings. The maximum absolute atomic E-state index is 13.2. The topological polar surface area (TPSA) is 17.1 Å². The second-order valence-corrected chi connectivity index (χ2v) is 6.95. The minimum Gasteiger partial charge on any atom is -0.249 e. The second kappa shape index (κ2) is 4.28. The number of hydrogen-bond acceptors (Lipinski definition) is 1. The third-order valence-electron chi connectivity index (χ3n) is 4.42. The van der Waals surface area contributed by atoms with Gasteiger partial charge in [-0.25, -0.2) is 4.21 Å². The fourth-order valence-electron chi connectivity index (χ4n) is 3.41. The zero-order chi connectivity index (χ0) is 14.7. The molecule has 0 bridgehead atoms. The van der Waals surface area contributed by atoms with Gasteiger partial charge in [0, 0.05) is 11.1 Å². The van der Waals surface area contributed by atoms with E-state index in [0.29, 0.717) is 0 Å². The van der Waals surface area contributed by atoms with Crippen molar-refractivity contribution >= 4 is 32.3 Å². The molecule has 0 saturated heterocycles. The zero-order valence-electron chi connectivity index (χ0n) is 11.7. The monoisotopic (exact) mass is 300 g/mol. The first kappa shape index (κ1) is 12.1. The van der Waals surface area contributed by atoms with Crippen LogP contribution in [0.25, 0.3) is 32.7 Å². The van der Waals surface area contributed by atoms with E-state index >= 15 is 0 Å². The highest BCUT2D eigenvalue weighted by Crippen LogP contribution is 2.46. The maximum Gasteiger partial charge on any atom is 0.0875 e. The van der Waals surface area contributed by atoms with Gasteiger partial charge in [0.25, 0.3) is 0 Å². The molecule has 2 heteroatoms. The van der Waals surface area contributed by atoms with Crippen LogP contribution in [0.1, 0.15) is 0 Å². The predicted octanol–water partition coefficient (Wildman–Crippen LogP) is 5.14. The van der Waals surface area contributed by atoms with Crippen LogP contribution in [0.5, 0.6) is 0 Å². The molecule has 0 fully saturated rings. The summed E-state index contributed by atoms with van der Waals surface area (Å²) < 4.78 is 13.2. The zero-order valence-corrected chi connectivity index (χ0v) is 12.6. The molecular weight excluding hydrogens is 288 g/mol. The van der Waals surface area contributed by atoms with Crippen LogP contribution < -0.4 is 0 Å². The van der Waals surface area contributed by atoms with E-state index in [9.17, 15) is 4.21 Å². The fraction of sp³-hybridized carbons (Fsp3) is 0. The van der Waals surface area contributed by atoms with E-state index in [-0.39, 0.29) is 0 Å². The summed E-state index contributed by atoms with van der Waals surface area (Å²) in [6.45, 7) is 0. The van der Waals surface area contributed by atoms with Crippen molar-refractivity contribution in [2.45, 2.75) is 9.79 Å². The molecule has 0 N–H and O–H groups in total. The molecule has 0 atom stereocenters. The normalized spacial score (nSPS) is 13.5. The van der Waals surface area contributed by atoms with E-state index < -0.39 is 10.8 Å². The molecule has 0 unspecified atom stereocenters. The SMILES string of the molecule is O=S1c2c(ccc3ccccc23)-c2ccc3ccccc3c21. The summed E-state index contributed by atoms with van der Waals surface area (Å²) in [5.41, 5.74) is 2.22. The molecule has 22 heavy (non-hydrogen) atoms. The Morgan fingerprint density at radius 3 is 1.50 bits per heavy atom. The lowest BCUT2D eigenvalue weighted by Gasteiger charge is -2.04. The van der Waals surface area contributed by atoms with Crippen molar-refractivity contribution in [2.75, 3.05) is 0 Å². The van der Waals surface area contributed by atoms with E-state index in [1.54, 1.807) is 0 Å². The van der Waals surface area contributed by atoms with Gasteiger partial charge in [0.05, 0.1) is 20.6 Å². The van der Waals surface area contributed by atoms with Crippen LogP contribution in [0.2, 0.25) is 0 Å². The maximum atomic E-state index is 13.2. The molecule has 0 spiro atoms. The van der Waals surface area contributed by atoms with Crippen LogP contribution in [-0.4, -0.2) is 4.21 Å². The first-order valence-corrected chi connectivity index (χ1v) is 8.45. The average Bonchev–Trinajstić information content (AvgIpc) is 2.88. The van der Waals surface area contributed by atoms with Crippen molar-refractivity contribution in [3.05, 3.63) is 72.8 Å². The minimum atomic E-state index is -1.12. The summed E-state index contributed by atoms with van der Waals surface area (Å²) in [6, 6.07) is 24.8. The first-order chi connectivity index (χ1) is 10.8. The highest BCUT2D eigenvalue weighted by Gasteiger charge is 2.28. The van der Waals surface area contributed by atoms with Gasteiger partial charge in [0.15, 0.2) is 0 Å². The van der Waals surface area contributed by atoms with Crippen molar-refractivity contribution in [1.82, 2.24) is 0 Å². The van der Waals surface area contributed by atoms with Crippen molar-refractivity contribution < 1.29 is 4.21 Å². The molecule has 1 aliphatic rings. The summed E-state index contributed by atoms with van der Waals surface area (Å²) in [5, 5.41) is 4.48. The van der Waals surface area contributed by atoms with E-state index in [4.69, 9.17) is 0 Å². The van der Waals surface area contributed by atoms with Crippen molar-refractivity contribution in [3.8, 4) is 11.1 Å². The molecule has 1 nitrogen and oxygen atoms in total. The lowest BCUT2D eigenvalue weighted by atomic mass is 9.99.